The first kappa shape index (κ1) is 17.4. The molecule has 4 rings (SSSR count). The summed E-state index contributed by atoms with van der Waals surface area (Å²) in [6, 6.07) is 10.3. The van der Waals surface area contributed by atoms with E-state index in [1.54, 1.807) is 35.1 Å². The summed E-state index contributed by atoms with van der Waals surface area (Å²) in [7, 11) is 0. The fraction of sp³-hybridized carbons (Fsp3) is 0.150. The average molecular weight is 371 g/mol. The molecule has 2 N–H and O–H groups in total. The lowest BCUT2D eigenvalue weighted by Gasteiger charge is -2.15. The smallest absolute Gasteiger partial charge is 0.249 e. The second-order valence-electron chi connectivity index (χ2n) is 6.28. The number of amides is 1. The van der Waals surface area contributed by atoms with Crippen LogP contribution >= 0.6 is 0 Å². The lowest BCUT2D eigenvalue weighted by Crippen LogP contribution is -2.25. The number of fused-ring (bicyclic) bond motifs is 1. The minimum absolute atomic E-state index is 0.193. The molecule has 8 nitrogen and oxygen atoms in total. The predicted molar refractivity (Wildman–Crippen MR) is 104 cm³/mol. The first-order valence-electron chi connectivity index (χ1n) is 8.83. The van der Waals surface area contributed by atoms with Crippen LogP contribution < -0.4 is 5.32 Å². The van der Waals surface area contributed by atoms with E-state index in [-0.39, 0.29) is 5.91 Å². The Hall–Kier alpha value is -3.99. The van der Waals surface area contributed by atoms with Crippen molar-refractivity contribution in [1.82, 2.24) is 24.7 Å². The van der Waals surface area contributed by atoms with Gasteiger partial charge in [0.15, 0.2) is 0 Å². The second kappa shape index (κ2) is 7.32. The number of benzene rings is 1. The Bertz CT molecular complexity index is 1180. The third-order valence-electron chi connectivity index (χ3n) is 4.50. The summed E-state index contributed by atoms with van der Waals surface area (Å²) < 4.78 is 1.64. The molecule has 0 aliphatic heterocycles. The molecular formula is C20H17N7O. The highest BCUT2D eigenvalue weighted by Gasteiger charge is 2.21. The summed E-state index contributed by atoms with van der Waals surface area (Å²) in [5.41, 5.74) is 3.39. The van der Waals surface area contributed by atoms with Crippen LogP contribution in [0, 0.1) is 11.3 Å². The molecule has 0 fully saturated rings. The van der Waals surface area contributed by atoms with Gasteiger partial charge in [0.1, 0.15) is 18.0 Å². The van der Waals surface area contributed by atoms with Gasteiger partial charge < -0.3 is 10.3 Å². The van der Waals surface area contributed by atoms with E-state index in [1.807, 2.05) is 25.4 Å². The largest absolute Gasteiger partial charge is 0.346 e. The van der Waals surface area contributed by atoms with Crippen LogP contribution in [-0.2, 0) is 4.79 Å². The van der Waals surface area contributed by atoms with Gasteiger partial charge in [0.25, 0.3) is 0 Å². The van der Waals surface area contributed by atoms with Crippen LogP contribution in [0.3, 0.4) is 0 Å². The van der Waals surface area contributed by atoms with Gasteiger partial charge in [0, 0.05) is 29.0 Å². The Morgan fingerprint density at radius 2 is 2.25 bits per heavy atom. The number of carbonyl (C=O) groups is 1. The van der Waals surface area contributed by atoms with Gasteiger partial charge in [-0.3, -0.25) is 9.48 Å². The average Bonchev–Trinajstić information content (AvgIpc) is 3.38. The highest BCUT2D eigenvalue weighted by atomic mass is 16.2. The van der Waals surface area contributed by atoms with E-state index in [2.05, 4.69) is 31.4 Å². The summed E-state index contributed by atoms with van der Waals surface area (Å²) in [5.74, 6) is -0.193. The first-order chi connectivity index (χ1) is 13.7. The maximum absolute atomic E-state index is 12.8. The molecule has 0 spiro atoms. The Kier molecular flexibility index (Phi) is 4.56. The number of aromatic amines is 1. The van der Waals surface area contributed by atoms with Crippen LogP contribution in [0.25, 0.3) is 22.3 Å². The van der Waals surface area contributed by atoms with Crippen LogP contribution in [0.4, 0.5) is 5.69 Å². The molecule has 4 aromatic rings. The summed E-state index contributed by atoms with van der Waals surface area (Å²) in [4.78, 5) is 24.4. The van der Waals surface area contributed by atoms with Gasteiger partial charge >= 0.3 is 0 Å². The van der Waals surface area contributed by atoms with E-state index >= 15 is 0 Å². The number of H-pyrrole nitrogens is 1. The summed E-state index contributed by atoms with van der Waals surface area (Å²) in [6.45, 7) is 1.92. The maximum Gasteiger partial charge on any atom is 0.249 e. The number of nitriles is 1. The zero-order valence-corrected chi connectivity index (χ0v) is 15.1. The van der Waals surface area contributed by atoms with Gasteiger partial charge in [-0.15, -0.1) is 0 Å². The molecule has 28 heavy (non-hydrogen) atoms. The number of hydrogen-bond donors (Lipinski definition) is 2. The predicted octanol–water partition coefficient (Wildman–Crippen LogP) is 3.28. The maximum atomic E-state index is 12.8. The number of anilines is 1. The summed E-state index contributed by atoms with van der Waals surface area (Å²) >= 11 is 0. The van der Waals surface area contributed by atoms with Crippen molar-refractivity contribution >= 4 is 22.6 Å². The van der Waals surface area contributed by atoms with E-state index in [9.17, 15) is 4.79 Å². The van der Waals surface area contributed by atoms with Gasteiger partial charge in [0.05, 0.1) is 23.5 Å². The normalized spacial score (nSPS) is 11.9. The number of rotatable bonds is 5. The van der Waals surface area contributed by atoms with Crippen molar-refractivity contribution in [2.24, 2.45) is 0 Å². The number of carbonyl (C=O) groups excluding carboxylic acids is 1. The third-order valence-corrected chi connectivity index (χ3v) is 4.50. The number of nitrogens with zero attached hydrogens (tertiary/aromatic N) is 5. The fourth-order valence-electron chi connectivity index (χ4n) is 3.12. The molecule has 1 aromatic carbocycles. The van der Waals surface area contributed by atoms with Crippen molar-refractivity contribution in [1.29, 1.82) is 5.26 Å². The molecule has 1 unspecified atom stereocenters. The molecule has 1 atom stereocenters. The van der Waals surface area contributed by atoms with Gasteiger partial charge in [-0.05, 0) is 30.7 Å². The van der Waals surface area contributed by atoms with Crippen molar-refractivity contribution in [2.75, 3.05) is 5.32 Å². The quantitative estimate of drug-likeness (QED) is 0.559. The van der Waals surface area contributed by atoms with Crippen molar-refractivity contribution in [3.63, 3.8) is 0 Å². The van der Waals surface area contributed by atoms with Crippen molar-refractivity contribution in [2.45, 2.75) is 19.4 Å². The van der Waals surface area contributed by atoms with E-state index in [0.717, 1.165) is 22.3 Å². The number of hydrogen-bond acceptors (Lipinski definition) is 5. The molecule has 0 radical (unpaired) electrons. The summed E-state index contributed by atoms with van der Waals surface area (Å²) in [6.07, 6.45) is 7.38. The Balaban J connectivity index is 1.60. The minimum atomic E-state index is -0.483. The van der Waals surface area contributed by atoms with Crippen LogP contribution in [0.5, 0.6) is 0 Å². The van der Waals surface area contributed by atoms with Crippen LogP contribution in [0.2, 0.25) is 0 Å². The SMILES string of the molecule is CCC(C(=O)Nc1cccc(C#N)c1)n1cc(-c2ncnc3[nH]ccc23)cn1. The molecule has 138 valence electrons. The Morgan fingerprint density at radius 3 is 3.07 bits per heavy atom. The lowest BCUT2D eigenvalue weighted by molar-refractivity contribution is -0.119. The topological polar surface area (TPSA) is 112 Å². The molecule has 3 aromatic heterocycles. The molecular weight excluding hydrogens is 354 g/mol. The lowest BCUT2D eigenvalue weighted by atomic mass is 10.1. The van der Waals surface area contributed by atoms with Crippen LogP contribution in [-0.4, -0.2) is 30.6 Å². The highest BCUT2D eigenvalue weighted by Crippen LogP contribution is 2.26. The van der Waals surface area contributed by atoms with Crippen molar-refractivity contribution < 1.29 is 4.79 Å². The Labute approximate surface area is 160 Å². The Morgan fingerprint density at radius 1 is 1.36 bits per heavy atom. The zero-order chi connectivity index (χ0) is 19.5. The molecule has 3 heterocycles. The van der Waals surface area contributed by atoms with E-state index < -0.39 is 6.04 Å². The second-order valence-corrected chi connectivity index (χ2v) is 6.28. The molecule has 8 heteroatoms. The molecule has 0 bridgehead atoms. The van der Waals surface area contributed by atoms with E-state index in [1.165, 1.54) is 6.33 Å². The standard InChI is InChI=1S/C20H17N7O/c1-2-17(20(28)26-15-5-3-4-13(8-15)9-21)27-11-14(10-25-27)18-16-6-7-22-19(16)24-12-23-18/h3-8,10-12,17H,2H2,1H3,(H,26,28)(H,22,23,24). The first-order valence-corrected chi connectivity index (χ1v) is 8.83. The fourth-order valence-corrected chi connectivity index (χ4v) is 3.12. The van der Waals surface area contributed by atoms with Crippen LogP contribution in [0.1, 0.15) is 24.9 Å². The highest BCUT2D eigenvalue weighted by molar-refractivity contribution is 5.94. The van der Waals surface area contributed by atoms with Gasteiger partial charge in [-0.2, -0.15) is 10.4 Å². The van der Waals surface area contributed by atoms with Crippen molar-refractivity contribution in [3.05, 3.63) is 60.8 Å². The van der Waals surface area contributed by atoms with E-state index in [4.69, 9.17) is 5.26 Å². The minimum Gasteiger partial charge on any atom is -0.346 e. The van der Waals surface area contributed by atoms with Gasteiger partial charge in [-0.25, -0.2) is 9.97 Å². The number of nitrogens with one attached hydrogen (secondary N) is 2. The monoisotopic (exact) mass is 371 g/mol. The van der Waals surface area contributed by atoms with Gasteiger partial charge in [0.2, 0.25) is 5.91 Å². The molecule has 1 amide bonds. The van der Waals surface area contributed by atoms with Crippen molar-refractivity contribution in [3.8, 4) is 17.3 Å². The van der Waals surface area contributed by atoms with Crippen LogP contribution in [0.15, 0.2) is 55.2 Å². The number of aromatic nitrogens is 5. The third kappa shape index (κ3) is 3.21. The molecule has 0 saturated carbocycles. The van der Waals surface area contributed by atoms with Gasteiger partial charge in [-0.1, -0.05) is 13.0 Å². The molecule has 0 aliphatic carbocycles. The molecule has 0 saturated heterocycles. The van der Waals surface area contributed by atoms with E-state index in [0.29, 0.717) is 17.7 Å². The summed E-state index contributed by atoms with van der Waals surface area (Å²) in [5, 5.41) is 17.2. The zero-order valence-electron chi connectivity index (χ0n) is 15.1. The molecule has 0 aliphatic rings.